The van der Waals surface area contributed by atoms with Crippen LogP contribution in [-0.2, 0) is 9.59 Å². The summed E-state index contributed by atoms with van der Waals surface area (Å²) in [4.78, 5) is 25.5. The van der Waals surface area contributed by atoms with Crippen LogP contribution >= 0.6 is 11.6 Å². The van der Waals surface area contributed by atoms with Crippen LogP contribution in [0.1, 0.15) is 26.2 Å². The highest BCUT2D eigenvalue weighted by molar-refractivity contribution is 6.30. The van der Waals surface area contributed by atoms with Crippen molar-refractivity contribution in [1.82, 2.24) is 4.90 Å². The van der Waals surface area contributed by atoms with E-state index in [1.54, 1.807) is 31.2 Å². The van der Waals surface area contributed by atoms with Crippen molar-refractivity contribution in [2.45, 2.75) is 38.3 Å². The fraction of sp³-hybridized carbons (Fsp3) is 0.467. The Morgan fingerprint density at radius 3 is 2.86 bits per heavy atom. The lowest BCUT2D eigenvalue weighted by Crippen LogP contribution is -2.53. The Morgan fingerprint density at radius 2 is 2.19 bits per heavy atom. The third kappa shape index (κ3) is 3.88. The number of rotatable bonds is 4. The number of piperidine rings is 1. The lowest BCUT2D eigenvalue weighted by molar-refractivity contribution is -0.146. The molecule has 6 heteroatoms. The van der Waals surface area contributed by atoms with Gasteiger partial charge in [0.15, 0.2) is 6.10 Å². The van der Waals surface area contributed by atoms with Crippen molar-refractivity contribution in [3.63, 3.8) is 0 Å². The first-order valence-corrected chi connectivity index (χ1v) is 7.39. The van der Waals surface area contributed by atoms with Gasteiger partial charge in [0, 0.05) is 11.6 Å². The molecule has 1 aromatic carbocycles. The van der Waals surface area contributed by atoms with Crippen LogP contribution in [0.2, 0.25) is 5.02 Å². The summed E-state index contributed by atoms with van der Waals surface area (Å²) in [6, 6.07) is 6.33. The molecule has 2 amide bonds. The maximum absolute atomic E-state index is 12.5. The van der Waals surface area contributed by atoms with Gasteiger partial charge in [-0.15, -0.1) is 0 Å². The van der Waals surface area contributed by atoms with Gasteiger partial charge in [0.2, 0.25) is 5.91 Å². The van der Waals surface area contributed by atoms with Gasteiger partial charge < -0.3 is 15.4 Å². The molecule has 2 atom stereocenters. The molecule has 5 nitrogen and oxygen atoms in total. The number of carbonyl (C=O) groups excluding carboxylic acids is 2. The van der Waals surface area contributed by atoms with E-state index in [1.165, 1.54) is 4.90 Å². The molecule has 1 fully saturated rings. The summed E-state index contributed by atoms with van der Waals surface area (Å²) in [5.74, 6) is -0.160. The van der Waals surface area contributed by atoms with Gasteiger partial charge in [-0.1, -0.05) is 17.7 Å². The van der Waals surface area contributed by atoms with Gasteiger partial charge in [-0.05, 0) is 44.4 Å². The van der Waals surface area contributed by atoms with Gasteiger partial charge in [0.1, 0.15) is 11.8 Å². The van der Waals surface area contributed by atoms with Gasteiger partial charge in [-0.25, -0.2) is 0 Å². The van der Waals surface area contributed by atoms with Crippen molar-refractivity contribution < 1.29 is 14.3 Å². The van der Waals surface area contributed by atoms with Crippen molar-refractivity contribution in [2.75, 3.05) is 6.54 Å². The average Bonchev–Trinajstić information content (AvgIpc) is 2.46. The Labute approximate surface area is 129 Å². The number of nitrogens with zero attached hydrogens (tertiary/aromatic N) is 1. The highest BCUT2D eigenvalue weighted by Crippen LogP contribution is 2.21. The normalized spacial score (nSPS) is 19.9. The number of ether oxygens (including phenoxy) is 1. The van der Waals surface area contributed by atoms with E-state index < -0.39 is 18.1 Å². The van der Waals surface area contributed by atoms with E-state index in [0.29, 0.717) is 23.7 Å². The van der Waals surface area contributed by atoms with E-state index in [9.17, 15) is 9.59 Å². The zero-order valence-corrected chi connectivity index (χ0v) is 12.7. The first kappa shape index (κ1) is 15.6. The Bertz CT molecular complexity index is 535. The van der Waals surface area contributed by atoms with Crippen LogP contribution in [0.15, 0.2) is 24.3 Å². The number of hydrogen-bond donors (Lipinski definition) is 1. The molecule has 0 radical (unpaired) electrons. The summed E-state index contributed by atoms with van der Waals surface area (Å²) in [5, 5.41) is 0.542. The third-order valence-corrected chi connectivity index (χ3v) is 3.81. The molecule has 1 heterocycles. The zero-order chi connectivity index (χ0) is 15.4. The monoisotopic (exact) mass is 310 g/mol. The number of likely N-dealkylation sites (tertiary alicyclic amines) is 1. The standard InChI is InChI=1S/C15H19ClN2O3/c1-10(21-12-6-4-5-11(16)9-12)15(20)18-8-3-2-7-13(18)14(17)19/h4-6,9-10,13H,2-3,7-8H2,1H3,(H2,17,19). The molecule has 0 saturated carbocycles. The quantitative estimate of drug-likeness (QED) is 0.924. The summed E-state index contributed by atoms with van der Waals surface area (Å²) in [5.41, 5.74) is 5.38. The van der Waals surface area contributed by atoms with E-state index in [0.717, 1.165) is 12.8 Å². The number of benzene rings is 1. The lowest BCUT2D eigenvalue weighted by Gasteiger charge is -2.35. The molecule has 21 heavy (non-hydrogen) atoms. The number of halogens is 1. The summed E-state index contributed by atoms with van der Waals surface area (Å²) in [7, 11) is 0. The number of amides is 2. The maximum Gasteiger partial charge on any atom is 0.264 e. The first-order valence-electron chi connectivity index (χ1n) is 7.01. The van der Waals surface area contributed by atoms with Crippen molar-refractivity contribution in [3.8, 4) is 5.75 Å². The highest BCUT2D eigenvalue weighted by atomic mass is 35.5. The van der Waals surface area contributed by atoms with E-state index >= 15 is 0 Å². The largest absolute Gasteiger partial charge is 0.481 e. The van der Waals surface area contributed by atoms with Gasteiger partial charge in [-0.2, -0.15) is 0 Å². The number of carbonyl (C=O) groups is 2. The van der Waals surface area contributed by atoms with E-state index in [-0.39, 0.29) is 5.91 Å². The van der Waals surface area contributed by atoms with Crippen LogP contribution in [-0.4, -0.2) is 35.4 Å². The molecule has 2 N–H and O–H groups in total. The topological polar surface area (TPSA) is 72.6 Å². The van der Waals surface area contributed by atoms with Gasteiger partial charge in [0.05, 0.1) is 0 Å². The lowest BCUT2D eigenvalue weighted by atomic mass is 10.0. The second-order valence-electron chi connectivity index (χ2n) is 5.16. The fourth-order valence-corrected chi connectivity index (χ4v) is 2.70. The van der Waals surface area contributed by atoms with Crippen LogP contribution < -0.4 is 10.5 Å². The summed E-state index contributed by atoms with van der Waals surface area (Å²) >= 11 is 5.88. The Hall–Kier alpha value is -1.75. The van der Waals surface area contributed by atoms with Gasteiger partial charge in [-0.3, -0.25) is 9.59 Å². The zero-order valence-electron chi connectivity index (χ0n) is 11.9. The van der Waals surface area contributed by atoms with Gasteiger partial charge >= 0.3 is 0 Å². The average molecular weight is 311 g/mol. The van der Waals surface area contributed by atoms with Gasteiger partial charge in [0.25, 0.3) is 5.91 Å². The molecular weight excluding hydrogens is 292 g/mol. The van der Waals surface area contributed by atoms with Crippen molar-refractivity contribution in [1.29, 1.82) is 0 Å². The minimum Gasteiger partial charge on any atom is -0.481 e. The minimum absolute atomic E-state index is 0.224. The number of hydrogen-bond acceptors (Lipinski definition) is 3. The molecule has 114 valence electrons. The van der Waals surface area contributed by atoms with Crippen LogP contribution in [0.5, 0.6) is 5.75 Å². The van der Waals surface area contributed by atoms with Crippen LogP contribution in [0, 0.1) is 0 Å². The molecule has 2 unspecified atom stereocenters. The molecule has 2 rings (SSSR count). The van der Waals surface area contributed by atoms with Crippen LogP contribution in [0.25, 0.3) is 0 Å². The summed E-state index contributed by atoms with van der Waals surface area (Å²) in [6.07, 6.45) is 1.70. The maximum atomic E-state index is 12.5. The molecule has 0 bridgehead atoms. The molecule has 1 aromatic rings. The van der Waals surface area contributed by atoms with E-state index in [1.807, 2.05) is 0 Å². The number of primary amides is 1. The molecular formula is C15H19ClN2O3. The third-order valence-electron chi connectivity index (χ3n) is 3.57. The second-order valence-corrected chi connectivity index (χ2v) is 5.60. The van der Waals surface area contributed by atoms with Crippen molar-refractivity contribution in [2.24, 2.45) is 5.73 Å². The molecule has 1 aliphatic rings. The summed E-state index contributed by atoms with van der Waals surface area (Å²) < 4.78 is 5.61. The molecule has 0 spiro atoms. The number of nitrogens with two attached hydrogens (primary N) is 1. The summed E-state index contributed by atoms with van der Waals surface area (Å²) in [6.45, 7) is 2.20. The van der Waals surface area contributed by atoms with Crippen LogP contribution in [0.4, 0.5) is 0 Å². The SMILES string of the molecule is CC(Oc1cccc(Cl)c1)C(=O)N1CCCCC1C(N)=O. The Morgan fingerprint density at radius 1 is 1.43 bits per heavy atom. The predicted molar refractivity (Wildman–Crippen MR) is 80.1 cm³/mol. The Kier molecular flexibility index (Phi) is 5.07. The van der Waals surface area contributed by atoms with Crippen LogP contribution in [0.3, 0.4) is 0 Å². The predicted octanol–water partition coefficient (Wildman–Crippen LogP) is 1.97. The molecule has 1 saturated heterocycles. The molecule has 0 aromatic heterocycles. The van der Waals surface area contributed by atoms with E-state index in [2.05, 4.69) is 0 Å². The first-order chi connectivity index (χ1) is 9.99. The van der Waals surface area contributed by atoms with E-state index in [4.69, 9.17) is 22.1 Å². The molecule has 0 aliphatic carbocycles. The smallest absolute Gasteiger partial charge is 0.264 e. The highest BCUT2D eigenvalue weighted by Gasteiger charge is 2.33. The Balaban J connectivity index is 2.05. The molecule has 1 aliphatic heterocycles. The second kappa shape index (κ2) is 6.80. The minimum atomic E-state index is -0.691. The van der Waals surface area contributed by atoms with Crippen molar-refractivity contribution >= 4 is 23.4 Å². The fourth-order valence-electron chi connectivity index (χ4n) is 2.52. The van der Waals surface area contributed by atoms with Crippen molar-refractivity contribution in [3.05, 3.63) is 29.3 Å².